The number of rotatable bonds is 0. The Labute approximate surface area is 92.6 Å². The van der Waals surface area contributed by atoms with E-state index in [-0.39, 0.29) is 61.2 Å². The van der Waals surface area contributed by atoms with Crippen LogP contribution in [0.15, 0.2) is 0 Å². The van der Waals surface area contributed by atoms with Gasteiger partial charge in [0.05, 0.1) is 0 Å². The van der Waals surface area contributed by atoms with Crippen molar-refractivity contribution in [2.45, 2.75) is 0 Å². The Morgan fingerprint density at radius 2 is 1.14 bits per heavy atom. The zero-order chi connectivity index (χ0) is 4.50. The van der Waals surface area contributed by atoms with Crippen LogP contribution in [-0.4, -0.2) is 43.1 Å². The van der Waals surface area contributed by atoms with Gasteiger partial charge in [0, 0.05) is 0 Å². The van der Waals surface area contributed by atoms with Gasteiger partial charge in [0.15, 0.2) is 0 Å². The molecule has 0 saturated carbocycles. The van der Waals surface area contributed by atoms with E-state index in [1.165, 1.54) is 0 Å². The van der Waals surface area contributed by atoms with Crippen LogP contribution < -0.4 is 10.2 Å². The molecule has 0 spiro atoms. The van der Waals surface area contributed by atoms with Crippen LogP contribution in [0.3, 0.4) is 0 Å². The standard InChI is InChI=1S/Dy.Mg.4O.Sb/q+3;+2;;3*-1;. The minimum atomic E-state index is -6.10. The van der Waals surface area contributed by atoms with Crippen molar-refractivity contribution in [2.24, 2.45) is 0 Å². The maximum atomic E-state index is 8.64. The summed E-state index contributed by atoms with van der Waals surface area (Å²) in [7, 11) is 0. The Morgan fingerprint density at radius 1 is 1.14 bits per heavy atom. The molecule has 0 aliphatic heterocycles. The van der Waals surface area contributed by atoms with Gasteiger partial charge in [-0.1, -0.05) is 0 Å². The fourth-order valence-electron chi connectivity index (χ4n) is 0. The van der Waals surface area contributed by atoms with E-state index in [1.807, 2.05) is 0 Å². The zero-order valence-electron chi connectivity index (χ0n) is 3.10. The minimum absolute atomic E-state index is 0. The average Bonchev–Trinajstić information content (AvgIpc) is 0.722. The summed E-state index contributed by atoms with van der Waals surface area (Å²) < 4.78 is 34.6. The maximum absolute atomic E-state index is 8.64. The van der Waals surface area contributed by atoms with Crippen molar-refractivity contribution in [3.8, 4) is 0 Å². The van der Waals surface area contributed by atoms with Crippen molar-refractivity contribution in [1.82, 2.24) is 0 Å². The van der Waals surface area contributed by atoms with E-state index in [4.69, 9.17) is 13.2 Å². The molecule has 0 heterocycles. The topological polar surface area (TPSA) is 86.2 Å². The molecular formula is DyMgO4Sb+2. The zero-order valence-corrected chi connectivity index (χ0v) is 9.10. The van der Waals surface area contributed by atoms with E-state index >= 15 is 0 Å². The molecule has 0 aromatic rings. The van der Waals surface area contributed by atoms with Crippen LogP contribution in [0, 0.1) is 38.2 Å². The van der Waals surface area contributed by atoms with Crippen molar-refractivity contribution in [3.05, 3.63) is 0 Å². The molecule has 0 bridgehead atoms. The first-order valence-electron chi connectivity index (χ1n) is 0.730. The molecule has 0 amide bonds. The third-order valence-electron chi connectivity index (χ3n) is 0. The predicted octanol–water partition coefficient (Wildman–Crippen LogP) is -4.45. The van der Waals surface area contributed by atoms with Crippen LogP contribution in [0.4, 0.5) is 0 Å². The average molecular weight is 373 g/mol. The summed E-state index contributed by atoms with van der Waals surface area (Å²) in [4.78, 5) is 0. The molecule has 0 atom stereocenters. The Bertz CT molecular complexity index is 57.8. The quantitative estimate of drug-likeness (QED) is 0.402. The van der Waals surface area contributed by atoms with E-state index in [2.05, 4.69) is 0 Å². The summed E-state index contributed by atoms with van der Waals surface area (Å²) in [6.45, 7) is 0. The number of hydrogen-bond donors (Lipinski definition) is 0. The van der Waals surface area contributed by atoms with Crippen molar-refractivity contribution in [1.29, 1.82) is 0 Å². The fourth-order valence-corrected chi connectivity index (χ4v) is 0. The van der Waals surface area contributed by atoms with Crippen LogP contribution in [0.5, 0.6) is 0 Å². The SMILES string of the molecule is [Dy+3].[Mg+2].[O]=[Sb]([O-])([O-])[O-]. The fraction of sp³-hybridized carbons (Fsp3) is 0. The van der Waals surface area contributed by atoms with E-state index in [0.29, 0.717) is 0 Å². The van der Waals surface area contributed by atoms with Crippen LogP contribution in [-0.2, 0) is 3.02 Å². The van der Waals surface area contributed by atoms with Gasteiger partial charge in [0.2, 0.25) is 0 Å². The first-order valence-corrected chi connectivity index (χ1v) is 4.90. The van der Waals surface area contributed by atoms with Gasteiger partial charge in [-0.15, -0.1) is 0 Å². The van der Waals surface area contributed by atoms with Gasteiger partial charge in [0.25, 0.3) is 0 Å². The van der Waals surface area contributed by atoms with Crippen LogP contribution >= 0.6 is 0 Å². The van der Waals surface area contributed by atoms with Gasteiger partial charge in [-0.3, -0.25) is 0 Å². The molecule has 0 unspecified atom stereocenters. The molecule has 7 heteroatoms. The van der Waals surface area contributed by atoms with E-state index in [9.17, 15) is 0 Å². The molecule has 1 radical (unpaired) electrons. The third-order valence-corrected chi connectivity index (χ3v) is 0. The van der Waals surface area contributed by atoms with E-state index in [1.54, 1.807) is 0 Å². The third kappa shape index (κ3) is 56.7. The molecule has 39 valence electrons. The van der Waals surface area contributed by atoms with Crippen molar-refractivity contribution >= 4 is 43.1 Å². The molecule has 0 saturated heterocycles. The summed E-state index contributed by atoms with van der Waals surface area (Å²) in [6, 6.07) is 0. The second-order valence-electron chi connectivity index (χ2n) is 0.447. The normalized spacial score (nSPS) is 8.43. The van der Waals surface area contributed by atoms with Crippen LogP contribution in [0.2, 0.25) is 0 Å². The van der Waals surface area contributed by atoms with Crippen molar-refractivity contribution < 1.29 is 51.3 Å². The second kappa shape index (κ2) is 6.65. The summed E-state index contributed by atoms with van der Waals surface area (Å²) in [5.74, 6) is 0. The van der Waals surface area contributed by atoms with Gasteiger partial charge in [-0.25, -0.2) is 0 Å². The molecule has 0 N–H and O–H groups in total. The molecule has 0 fully saturated rings. The predicted molar refractivity (Wildman–Crippen MR) is 12.2 cm³/mol. The van der Waals surface area contributed by atoms with E-state index in [0.717, 1.165) is 0 Å². The number of hydrogen-bond acceptors (Lipinski definition) is 4. The molecule has 0 aliphatic carbocycles. The molecule has 0 aliphatic rings. The van der Waals surface area contributed by atoms with Gasteiger partial charge in [-0.2, -0.15) is 0 Å². The molecule has 0 aromatic heterocycles. The monoisotopic (exact) mass is 373 g/mol. The summed E-state index contributed by atoms with van der Waals surface area (Å²) in [5.41, 5.74) is 0. The van der Waals surface area contributed by atoms with Crippen LogP contribution in [0.25, 0.3) is 0 Å². The van der Waals surface area contributed by atoms with Gasteiger partial charge < -0.3 is 0 Å². The Kier molecular flexibility index (Phi) is 15.5. The van der Waals surface area contributed by atoms with Crippen molar-refractivity contribution in [2.75, 3.05) is 0 Å². The van der Waals surface area contributed by atoms with Gasteiger partial charge in [-0.05, 0) is 0 Å². The Morgan fingerprint density at radius 3 is 1.14 bits per heavy atom. The summed E-state index contributed by atoms with van der Waals surface area (Å²) in [5, 5.41) is 0. The van der Waals surface area contributed by atoms with E-state index < -0.39 is 20.1 Å². The Balaban J connectivity index is -0.0000000800. The Hall–Kier alpha value is 2.54. The molecule has 0 rings (SSSR count). The first kappa shape index (κ1) is 16.3. The summed E-state index contributed by atoms with van der Waals surface area (Å²) >= 11 is -6.10. The molecular weight excluding hydrogens is 373 g/mol. The molecule has 4 nitrogen and oxygen atoms in total. The van der Waals surface area contributed by atoms with Crippen LogP contribution in [0.1, 0.15) is 0 Å². The second-order valence-corrected chi connectivity index (χ2v) is 3.00. The van der Waals surface area contributed by atoms with Crippen molar-refractivity contribution in [3.63, 3.8) is 0 Å². The molecule has 7 heavy (non-hydrogen) atoms. The summed E-state index contributed by atoms with van der Waals surface area (Å²) in [6.07, 6.45) is 0. The van der Waals surface area contributed by atoms with Gasteiger partial charge in [0.1, 0.15) is 0 Å². The van der Waals surface area contributed by atoms with Gasteiger partial charge >= 0.3 is 94.5 Å². The first-order chi connectivity index (χ1) is 2.00. The molecule has 0 aromatic carbocycles.